The molecule has 1 heterocycles. The summed E-state index contributed by atoms with van der Waals surface area (Å²) >= 11 is 0. The molecule has 1 atom stereocenters. The fraction of sp³-hybridized carbons (Fsp3) is 0.316. The summed E-state index contributed by atoms with van der Waals surface area (Å²) < 4.78 is 49.3. The third kappa shape index (κ3) is 3.78. The number of hydrogen-bond acceptors (Lipinski definition) is 3. The minimum Gasteiger partial charge on any atom is -0.485 e. The van der Waals surface area contributed by atoms with E-state index in [1.165, 1.54) is 13.2 Å². The Morgan fingerprint density at radius 3 is 2.72 bits per heavy atom. The normalized spacial score (nSPS) is 17.2. The second-order valence-corrected chi connectivity index (χ2v) is 5.94. The number of fused-ring (bicyclic) bond motifs is 1. The number of halogens is 3. The fourth-order valence-corrected chi connectivity index (χ4v) is 2.97. The van der Waals surface area contributed by atoms with Crippen molar-refractivity contribution in [1.29, 1.82) is 0 Å². The summed E-state index contributed by atoms with van der Waals surface area (Å²) in [5.74, 6) is 0.0182. The molecule has 0 spiro atoms. The van der Waals surface area contributed by atoms with Crippen molar-refractivity contribution in [2.75, 3.05) is 7.11 Å². The number of hydrogen-bond donors (Lipinski definition) is 0. The Bertz CT molecular complexity index is 784. The summed E-state index contributed by atoms with van der Waals surface area (Å²) in [6.45, 7) is 0. The van der Waals surface area contributed by atoms with E-state index < -0.39 is 17.7 Å². The van der Waals surface area contributed by atoms with Gasteiger partial charge < -0.3 is 9.47 Å². The van der Waals surface area contributed by atoms with E-state index in [4.69, 9.17) is 9.47 Å². The molecular weight excluding hydrogens is 333 g/mol. The van der Waals surface area contributed by atoms with E-state index >= 15 is 0 Å². The second-order valence-electron chi connectivity index (χ2n) is 5.94. The van der Waals surface area contributed by atoms with Gasteiger partial charge in [-0.15, -0.1) is 0 Å². The van der Waals surface area contributed by atoms with Crippen LogP contribution >= 0.6 is 0 Å². The van der Waals surface area contributed by atoms with Gasteiger partial charge in [0.2, 0.25) is 0 Å². The molecule has 0 N–H and O–H groups in total. The van der Waals surface area contributed by atoms with Gasteiger partial charge in [-0.25, -0.2) is 4.79 Å². The Morgan fingerprint density at radius 2 is 2.00 bits per heavy atom. The molecule has 0 bridgehead atoms. The van der Waals surface area contributed by atoms with E-state index in [0.717, 1.165) is 17.7 Å². The Hall–Kier alpha value is -2.50. The first-order valence-corrected chi connectivity index (χ1v) is 7.93. The number of aryl methyl sites for hydroxylation is 1. The third-order valence-corrected chi connectivity index (χ3v) is 4.25. The molecule has 1 aliphatic rings. The van der Waals surface area contributed by atoms with E-state index in [9.17, 15) is 18.0 Å². The number of benzene rings is 2. The molecule has 0 radical (unpaired) electrons. The van der Waals surface area contributed by atoms with Gasteiger partial charge in [-0.1, -0.05) is 12.1 Å². The molecule has 1 unspecified atom stereocenters. The Balaban J connectivity index is 1.88. The first kappa shape index (κ1) is 17.3. The lowest BCUT2D eigenvalue weighted by Gasteiger charge is -2.19. The molecule has 1 aliphatic heterocycles. The van der Waals surface area contributed by atoms with Crippen LogP contribution in [-0.4, -0.2) is 13.1 Å². The van der Waals surface area contributed by atoms with E-state index in [2.05, 4.69) is 0 Å². The van der Waals surface area contributed by atoms with E-state index in [-0.39, 0.29) is 6.10 Å². The highest BCUT2D eigenvalue weighted by molar-refractivity contribution is 5.89. The van der Waals surface area contributed by atoms with Crippen molar-refractivity contribution in [3.8, 4) is 5.75 Å². The van der Waals surface area contributed by atoms with Crippen LogP contribution in [0.1, 0.15) is 46.0 Å². The Kier molecular flexibility index (Phi) is 4.70. The number of ether oxygens (including phenoxy) is 2. The largest absolute Gasteiger partial charge is 0.485 e. The predicted octanol–water partition coefficient (Wildman–Crippen LogP) is 4.95. The first-order chi connectivity index (χ1) is 11.9. The SMILES string of the molecule is COC(=O)c1cccc(C2CCCc3cc(C(F)(F)F)ccc3O2)c1. The van der Waals surface area contributed by atoms with Crippen LogP contribution in [0.15, 0.2) is 42.5 Å². The van der Waals surface area contributed by atoms with Gasteiger partial charge in [0.15, 0.2) is 0 Å². The highest BCUT2D eigenvalue weighted by Gasteiger charge is 2.32. The summed E-state index contributed by atoms with van der Waals surface area (Å²) in [6, 6.07) is 10.5. The molecular formula is C19H17F3O3. The maximum atomic E-state index is 12.9. The van der Waals surface area contributed by atoms with Crippen LogP contribution in [-0.2, 0) is 17.3 Å². The van der Waals surface area contributed by atoms with Gasteiger partial charge in [0, 0.05) is 0 Å². The molecule has 0 saturated heterocycles. The first-order valence-electron chi connectivity index (χ1n) is 7.93. The van der Waals surface area contributed by atoms with Gasteiger partial charge in [-0.3, -0.25) is 0 Å². The maximum Gasteiger partial charge on any atom is 0.416 e. The number of carbonyl (C=O) groups excluding carboxylic acids is 1. The van der Waals surface area contributed by atoms with Gasteiger partial charge >= 0.3 is 12.1 Å². The Morgan fingerprint density at radius 1 is 1.20 bits per heavy atom. The van der Waals surface area contributed by atoms with Crippen molar-refractivity contribution >= 4 is 5.97 Å². The molecule has 0 aromatic heterocycles. The van der Waals surface area contributed by atoms with Crippen LogP contribution < -0.4 is 4.74 Å². The highest BCUT2D eigenvalue weighted by Crippen LogP contribution is 2.37. The van der Waals surface area contributed by atoms with Gasteiger partial charge in [0.1, 0.15) is 11.9 Å². The zero-order valence-electron chi connectivity index (χ0n) is 13.6. The molecule has 132 valence electrons. The molecule has 0 aliphatic carbocycles. The number of esters is 1. The smallest absolute Gasteiger partial charge is 0.416 e. The van der Waals surface area contributed by atoms with Crippen LogP contribution in [0, 0.1) is 0 Å². The molecule has 3 nitrogen and oxygen atoms in total. The van der Waals surface area contributed by atoms with Crippen LogP contribution in [0.5, 0.6) is 5.75 Å². The zero-order chi connectivity index (χ0) is 18.0. The van der Waals surface area contributed by atoms with E-state index in [1.54, 1.807) is 18.2 Å². The van der Waals surface area contributed by atoms with Gasteiger partial charge in [-0.05, 0) is 60.7 Å². The van der Waals surface area contributed by atoms with E-state index in [1.807, 2.05) is 6.07 Å². The standard InChI is InChI=1S/C19H17F3O3/c1-24-18(23)14-6-2-4-12(10-14)16-7-3-5-13-11-15(19(20,21)22)8-9-17(13)25-16/h2,4,6,8-11,16H,3,5,7H2,1H3. The fourth-order valence-electron chi connectivity index (χ4n) is 2.97. The summed E-state index contributed by atoms with van der Waals surface area (Å²) in [5, 5.41) is 0. The van der Waals surface area contributed by atoms with E-state index in [0.29, 0.717) is 36.1 Å². The van der Waals surface area contributed by atoms with Crippen molar-refractivity contribution in [2.45, 2.75) is 31.5 Å². The number of rotatable bonds is 2. The van der Waals surface area contributed by atoms with Gasteiger partial charge in [-0.2, -0.15) is 13.2 Å². The molecule has 0 fully saturated rings. The van der Waals surface area contributed by atoms with Crippen LogP contribution in [0.25, 0.3) is 0 Å². The van der Waals surface area contributed by atoms with Crippen molar-refractivity contribution < 1.29 is 27.4 Å². The average Bonchev–Trinajstić information content (AvgIpc) is 2.82. The summed E-state index contributed by atoms with van der Waals surface area (Å²) in [7, 11) is 1.31. The maximum absolute atomic E-state index is 12.9. The van der Waals surface area contributed by atoms with Crippen molar-refractivity contribution in [1.82, 2.24) is 0 Å². The molecule has 0 amide bonds. The minimum absolute atomic E-state index is 0.317. The molecule has 6 heteroatoms. The number of alkyl halides is 3. The topological polar surface area (TPSA) is 35.5 Å². The van der Waals surface area contributed by atoms with Crippen LogP contribution in [0.2, 0.25) is 0 Å². The lowest BCUT2D eigenvalue weighted by atomic mass is 10.0. The lowest BCUT2D eigenvalue weighted by molar-refractivity contribution is -0.137. The monoisotopic (exact) mass is 350 g/mol. The Labute approximate surface area is 143 Å². The number of methoxy groups -OCH3 is 1. The molecule has 2 aromatic carbocycles. The summed E-state index contributed by atoms with van der Waals surface area (Å²) in [4.78, 5) is 11.7. The van der Waals surface area contributed by atoms with Crippen molar-refractivity contribution in [2.24, 2.45) is 0 Å². The van der Waals surface area contributed by atoms with Gasteiger partial charge in [0.05, 0.1) is 18.2 Å². The van der Waals surface area contributed by atoms with Crippen LogP contribution in [0.4, 0.5) is 13.2 Å². The predicted molar refractivity (Wildman–Crippen MR) is 85.5 cm³/mol. The number of carbonyl (C=O) groups is 1. The molecule has 2 aromatic rings. The van der Waals surface area contributed by atoms with Crippen molar-refractivity contribution in [3.05, 3.63) is 64.7 Å². The molecule has 3 rings (SSSR count). The molecule has 25 heavy (non-hydrogen) atoms. The highest BCUT2D eigenvalue weighted by atomic mass is 19.4. The second kappa shape index (κ2) is 6.78. The summed E-state index contributed by atoms with van der Waals surface area (Å²) in [6.07, 6.45) is -2.81. The van der Waals surface area contributed by atoms with Crippen molar-refractivity contribution in [3.63, 3.8) is 0 Å². The average molecular weight is 350 g/mol. The zero-order valence-corrected chi connectivity index (χ0v) is 13.6. The quantitative estimate of drug-likeness (QED) is 0.719. The lowest BCUT2D eigenvalue weighted by Crippen LogP contribution is -2.09. The third-order valence-electron chi connectivity index (χ3n) is 4.25. The summed E-state index contributed by atoms with van der Waals surface area (Å²) in [5.41, 5.74) is 1.11. The van der Waals surface area contributed by atoms with Crippen LogP contribution in [0.3, 0.4) is 0 Å². The van der Waals surface area contributed by atoms with Gasteiger partial charge in [0.25, 0.3) is 0 Å². The molecule has 0 saturated carbocycles. The minimum atomic E-state index is -4.37.